The standard InChI is InChI=1S/C12H24O2/c1-9-6-8-14-11(9)10(13)5-7-12(2,3)4/h9-11,13H,5-8H2,1-4H3. The Morgan fingerprint density at radius 2 is 2.07 bits per heavy atom. The van der Waals surface area contributed by atoms with Crippen LogP contribution in [-0.2, 0) is 4.74 Å². The fourth-order valence-corrected chi connectivity index (χ4v) is 1.95. The van der Waals surface area contributed by atoms with E-state index in [1.54, 1.807) is 0 Å². The Kier molecular flexibility index (Phi) is 3.96. The summed E-state index contributed by atoms with van der Waals surface area (Å²) in [6.45, 7) is 9.60. The number of aliphatic hydroxyl groups excluding tert-OH is 1. The average Bonchev–Trinajstić information content (AvgIpc) is 2.46. The predicted octanol–water partition coefficient (Wildman–Crippen LogP) is 2.60. The van der Waals surface area contributed by atoms with E-state index >= 15 is 0 Å². The van der Waals surface area contributed by atoms with Gasteiger partial charge in [-0.2, -0.15) is 0 Å². The molecule has 84 valence electrons. The van der Waals surface area contributed by atoms with Crippen LogP contribution in [0.1, 0.15) is 47.0 Å². The molecule has 1 N–H and O–H groups in total. The van der Waals surface area contributed by atoms with E-state index in [-0.39, 0.29) is 12.2 Å². The van der Waals surface area contributed by atoms with Crippen LogP contribution in [0.4, 0.5) is 0 Å². The highest BCUT2D eigenvalue weighted by Crippen LogP contribution is 2.28. The van der Waals surface area contributed by atoms with E-state index in [0.717, 1.165) is 25.9 Å². The van der Waals surface area contributed by atoms with Crippen LogP contribution >= 0.6 is 0 Å². The summed E-state index contributed by atoms with van der Waals surface area (Å²) in [6, 6.07) is 0. The molecule has 0 bridgehead atoms. The highest BCUT2D eigenvalue weighted by atomic mass is 16.5. The molecule has 0 aromatic carbocycles. The molecule has 1 saturated heterocycles. The van der Waals surface area contributed by atoms with Gasteiger partial charge in [-0.25, -0.2) is 0 Å². The zero-order chi connectivity index (χ0) is 10.8. The Balaban J connectivity index is 2.31. The Hall–Kier alpha value is -0.0800. The predicted molar refractivity (Wildman–Crippen MR) is 58.2 cm³/mol. The molecule has 1 heterocycles. The minimum Gasteiger partial charge on any atom is -0.390 e. The molecule has 0 saturated carbocycles. The van der Waals surface area contributed by atoms with E-state index in [4.69, 9.17) is 4.74 Å². The van der Waals surface area contributed by atoms with Crippen molar-refractivity contribution in [3.05, 3.63) is 0 Å². The third kappa shape index (κ3) is 3.58. The molecule has 0 spiro atoms. The van der Waals surface area contributed by atoms with Gasteiger partial charge >= 0.3 is 0 Å². The zero-order valence-electron chi connectivity index (χ0n) is 9.92. The second-order valence-corrected chi connectivity index (χ2v) is 5.77. The molecule has 0 aromatic heterocycles. The van der Waals surface area contributed by atoms with E-state index in [0.29, 0.717) is 11.3 Å². The lowest BCUT2D eigenvalue weighted by molar-refractivity contribution is -0.0242. The van der Waals surface area contributed by atoms with Gasteiger partial charge < -0.3 is 9.84 Å². The number of hydrogen-bond acceptors (Lipinski definition) is 2. The molecular weight excluding hydrogens is 176 g/mol. The Labute approximate surface area is 87.7 Å². The minimum absolute atomic E-state index is 0.0809. The van der Waals surface area contributed by atoms with Crippen LogP contribution in [0.15, 0.2) is 0 Å². The van der Waals surface area contributed by atoms with Gasteiger partial charge in [0.25, 0.3) is 0 Å². The van der Waals surface area contributed by atoms with Crippen LogP contribution in [0.2, 0.25) is 0 Å². The van der Waals surface area contributed by atoms with Crippen molar-refractivity contribution in [2.45, 2.75) is 59.2 Å². The summed E-state index contributed by atoms with van der Waals surface area (Å²) in [5.41, 5.74) is 0.308. The highest BCUT2D eigenvalue weighted by Gasteiger charge is 2.31. The van der Waals surface area contributed by atoms with Crippen molar-refractivity contribution in [3.63, 3.8) is 0 Å². The van der Waals surface area contributed by atoms with Crippen molar-refractivity contribution in [1.82, 2.24) is 0 Å². The minimum atomic E-state index is -0.272. The monoisotopic (exact) mass is 200 g/mol. The quantitative estimate of drug-likeness (QED) is 0.759. The Bertz CT molecular complexity index is 172. The van der Waals surface area contributed by atoms with Crippen LogP contribution in [-0.4, -0.2) is 23.9 Å². The number of hydrogen-bond donors (Lipinski definition) is 1. The summed E-state index contributed by atoms with van der Waals surface area (Å²) in [4.78, 5) is 0. The Morgan fingerprint density at radius 3 is 2.50 bits per heavy atom. The normalized spacial score (nSPS) is 30.6. The number of ether oxygens (including phenoxy) is 1. The van der Waals surface area contributed by atoms with E-state index in [2.05, 4.69) is 27.7 Å². The molecule has 1 fully saturated rings. The van der Waals surface area contributed by atoms with Crippen molar-refractivity contribution in [1.29, 1.82) is 0 Å². The van der Waals surface area contributed by atoms with E-state index < -0.39 is 0 Å². The van der Waals surface area contributed by atoms with Crippen LogP contribution in [0.5, 0.6) is 0 Å². The molecule has 1 aliphatic rings. The van der Waals surface area contributed by atoms with Crippen molar-refractivity contribution in [3.8, 4) is 0 Å². The van der Waals surface area contributed by atoms with Crippen molar-refractivity contribution in [2.75, 3.05) is 6.61 Å². The lowest BCUT2D eigenvalue weighted by Crippen LogP contribution is -2.30. The molecule has 1 aliphatic heterocycles. The van der Waals surface area contributed by atoms with Crippen LogP contribution < -0.4 is 0 Å². The van der Waals surface area contributed by atoms with E-state index in [1.807, 2.05) is 0 Å². The highest BCUT2D eigenvalue weighted by molar-refractivity contribution is 4.80. The first kappa shape index (κ1) is 12.0. The van der Waals surface area contributed by atoms with Gasteiger partial charge in [0.1, 0.15) is 0 Å². The first-order valence-corrected chi connectivity index (χ1v) is 5.70. The maximum Gasteiger partial charge on any atom is 0.0860 e. The molecule has 0 amide bonds. The van der Waals surface area contributed by atoms with Gasteiger partial charge in [-0.1, -0.05) is 27.7 Å². The van der Waals surface area contributed by atoms with Gasteiger partial charge in [0.2, 0.25) is 0 Å². The molecule has 3 atom stereocenters. The smallest absolute Gasteiger partial charge is 0.0860 e. The second-order valence-electron chi connectivity index (χ2n) is 5.77. The fourth-order valence-electron chi connectivity index (χ4n) is 1.95. The van der Waals surface area contributed by atoms with Crippen LogP contribution in [0, 0.1) is 11.3 Å². The average molecular weight is 200 g/mol. The third-order valence-corrected chi connectivity index (χ3v) is 3.01. The fraction of sp³-hybridized carbons (Fsp3) is 1.00. The van der Waals surface area contributed by atoms with Crippen LogP contribution in [0.25, 0.3) is 0 Å². The molecule has 0 aliphatic carbocycles. The first-order valence-electron chi connectivity index (χ1n) is 5.70. The Morgan fingerprint density at radius 1 is 1.43 bits per heavy atom. The zero-order valence-corrected chi connectivity index (χ0v) is 9.92. The lowest BCUT2D eigenvalue weighted by atomic mass is 9.87. The molecular formula is C12H24O2. The molecule has 0 aromatic rings. The lowest BCUT2D eigenvalue weighted by Gasteiger charge is -2.25. The summed E-state index contributed by atoms with van der Waals surface area (Å²) >= 11 is 0. The molecule has 3 unspecified atom stereocenters. The van der Waals surface area contributed by atoms with Gasteiger partial charge in [0.05, 0.1) is 12.2 Å². The van der Waals surface area contributed by atoms with Gasteiger partial charge in [-0.05, 0) is 30.6 Å². The van der Waals surface area contributed by atoms with Crippen LogP contribution in [0.3, 0.4) is 0 Å². The summed E-state index contributed by atoms with van der Waals surface area (Å²) < 4.78 is 5.54. The summed E-state index contributed by atoms with van der Waals surface area (Å²) in [7, 11) is 0. The number of rotatable bonds is 3. The number of aliphatic hydroxyl groups is 1. The van der Waals surface area contributed by atoms with Gasteiger partial charge in [-0.15, -0.1) is 0 Å². The van der Waals surface area contributed by atoms with Gasteiger partial charge in [0.15, 0.2) is 0 Å². The molecule has 1 rings (SSSR count). The third-order valence-electron chi connectivity index (χ3n) is 3.01. The molecule has 2 nitrogen and oxygen atoms in total. The van der Waals surface area contributed by atoms with E-state index in [9.17, 15) is 5.11 Å². The molecule has 2 heteroatoms. The maximum absolute atomic E-state index is 9.96. The van der Waals surface area contributed by atoms with E-state index in [1.165, 1.54) is 0 Å². The first-order chi connectivity index (χ1) is 6.40. The topological polar surface area (TPSA) is 29.5 Å². The van der Waals surface area contributed by atoms with Crippen molar-refractivity contribution in [2.24, 2.45) is 11.3 Å². The second kappa shape index (κ2) is 4.63. The molecule has 14 heavy (non-hydrogen) atoms. The summed E-state index contributed by atoms with van der Waals surface area (Å²) in [5.74, 6) is 0.518. The van der Waals surface area contributed by atoms with Crippen molar-refractivity contribution >= 4 is 0 Å². The summed E-state index contributed by atoms with van der Waals surface area (Å²) in [5, 5.41) is 9.96. The SMILES string of the molecule is CC1CCOC1C(O)CCC(C)(C)C. The molecule has 0 radical (unpaired) electrons. The van der Waals surface area contributed by atoms with Gasteiger partial charge in [-0.3, -0.25) is 0 Å². The van der Waals surface area contributed by atoms with Crippen molar-refractivity contribution < 1.29 is 9.84 Å². The largest absolute Gasteiger partial charge is 0.390 e. The maximum atomic E-state index is 9.96. The van der Waals surface area contributed by atoms with Gasteiger partial charge in [0, 0.05) is 6.61 Å². The summed E-state index contributed by atoms with van der Waals surface area (Å²) in [6.07, 6.45) is 2.82.